The molecule has 108 valence electrons. The molecule has 1 aliphatic heterocycles. The third-order valence-electron chi connectivity index (χ3n) is 3.69. The number of nitrogens with zero attached hydrogens (tertiary/aromatic N) is 2. The molecule has 6 heteroatoms. The van der Waals surface area contributed by atoms with Crippen LogP contribution in [0.15, 0.2) is 22.7 Å². The first-order chi connectivity index (χ1) is 9.25. The van der Waals surface area contributed by atoms with Crippen molar-refractivity contribution in [3.63, 3.8) is 0 Å². The molecule has 0 atom stereocenters. The van der Waals surface area contributed by atoms with E-state index in [4.69, 9.17) is 5.11 Å². The van der Waals surface area contributed by atoms with Gasteiger partial charge < -0.3 is 14.9 Å². The number of rotatable bonds is 2. The zero-order valence-electron chi connectivity index (χ0n) is 11.7. The lowest BCUT2D eigenvalue weighted by atomic mass is 9.96. The fourth-order valence-corrected chi connectivity index (χ4v) is 3.09. The van der Waals surface area contributed by atoms with Gasteiger partial charge >= 0.3 is 5.97 Å². The predicted molar refractivity (Wildman–Crippen MR) is 80.2 cm³/mol. The molecule has 0 aliphatic carbocycles. The molecule has 0 spiro atoms. The van der Waals surface area contributed by atoms with Crippen LogP contribution in [0, 0.1) is 0 Å². The highest BCUT2D eigenvalue weighted by atomic mass is 79.9. The summed E-state index contributed by atoms with van der Waals surface area (Å²) < 4.78 is 0.683. The van der Waals surface area contributed by atoms with Gasteiger partial charge in [-0.3, -0.25) is 4.79 Å². The summed E-state index contributed by atoms with van der Waals surface area (Å²) in [6.07, 6.45) is 0. The van der Waals surface area contributed by atoms with Crippen LogP contribution in [-0.2, 0) is 4.79 Å². The molecule has 1 amide bonds. The summed E-state index contributed by atoms with van der Waals surface area (Å²) in [5.41, 5.74) is 0.403. The van der Waals surface area contributed by atoms with Crippen LogP contribution in [0.4, 0.5) is 5.69 Å². The molecule has 0 bridgehead atoms. The number of amides is 1. The van der Waals surface area contributed by atoms with Crippen LogP contribution in [0.3, 0.4) is 0 Å². The summed E-state index contributed by atoms with van der Waals surface area (Å²) in [6.45, 7) is 5.11. The van der Waals surface area contributed by atoms with Gasteiger partial charge in [0.25, 0.3) is 0 Å². The lowest BCUT2D eigenvalue weighted by molar-refractivity contribution is -0.136. The molecule has 1 N–H and O–H groups in total. The maximum absolute atomic E-state index is 12.3. The third-order valence-corrected chi connectivity index (χ3v) is 4.32. The Labute approximate surface area is 126 Å². The van der Waals surface area contributed by atoms with E-state index in [0.717, 1.165) is 5.69 Å². The molecule has 0 radical (unpaired) electrons. The zero-order chi connectivity index (χ0) is 15.1. The van der Waals surface area contributed by atoms with Gasteiger partial charge in [0.15, 0.2) is 0 Å². The number of anilines is 1. The summed E-state index contributed by atoms with van der Waals surface area (Å²) in [5, 5.41) is 8.99. The first-order valence-corrected chi connectivity index (χ1v) is 7.10. The smallest absolute Gasteiger partial charge is 0.335 e. The predicted octanol–water partition coefficient (Wildman–Crippen LogP) is 2.20. The highest BCUT2D eigenvalue weighted by Gasteiger charge is 2.41. The Morgan fingerprint density at radius 2 is 2.00 bits per heavy atom. The number of likely N-dealkylation sites (N-methyl/N-ethyl adjacent to an activating group) is 1. The molecular formula is C14H17BrN2O3. The maximum atomic E-state index is 12.3. The molecule has 2 rings (SSSR count). The minimum Gasteiger partial charge on any atom is -0.478 e. The second kappa shape index (κ2) is 5.09. The summed E-state index contributed by atoms with van der Waals surface area (Å²) in [4.78, 5) is 27.0. The monoisotopic (exact) mass is 340 g/mol. The van der Waals surface area contributed by atoms with E-state index >= 15 is 0 Å². The van der Waals surface area contributed by atoms with Crippen molar-refractivity contribution in [3.05, 3.63) is 28.2 Å². The van der Waals surface area contributed by atoms with Crippen LogP contribution in [-0.4, -0.2) is 47.6 Å². The topological polar surface area (TPSA) is 60.9 Å². The number of carboxylic acids is 1. The average molecular weight is 341 g/mol. The molecule has 0 saturated carbocycles. The quantitative estimate of drug-likeness (QED) is 0.896. The molecule has 1 aromatic carbocycles. The number of hydrogen-bond acceptors (Lipinski definition) is 3. The molecule has 0 unspecified atom stereocenters. The molecule has 1 aromatic rings. The van der Waals surface area contributed by atoms with Gasteiger partial charge in [-0.1, -0.05) is 0 Å². The van der Waals surface area contributed by atoms with Crippen LogP contribution in [0.25, 0.3) is 0 Å². The number of halogens is 1. The molecule has 5 nitrogen and oxygen atoms in total. The van der Waals surface area contributed by atoms with Crippen molar-refractivity contribution in [3.8, 4) is 0 Å². The van der Waals surface area contributed by atoms with Gasteiger partial charge in [-0.15, -0.1) is 0 Å². The van der Waals surface area contributed by atoms with E-state index in [-0.39, 0.29) is 11.5 Å². The lowest BCUT2D eigenvalue weighted by Crippen LogP contribution is -2.62. The van der Waals surface area contributed by atoms with Crippen molar-refractivity contribution in [2.45, 2.75) is 19.4 Å². The molecule has 1 heterocycles. The van der Waals surface area contributed by atoms with Crippen LogP contribution < -0.4 is 4.90 Å². The van der Waals surface area contributed by atoms with E-state index in [9.17, 15) is 9.59 Å². The van der Waals surface area contributed by atoms with E-state index in [2.05, 4.69) is 15.9 Å². The van der Waals surface area contributed by atoms with E-state index in [1.54, 1.807) is 30.1 Å². The van der Waals surface area contributed by atoms with Crippen LogP contribution in [0.5, 0.6) is 0 Å². The Balaban J connectivity index is 2.41. The number of piperazine rings is 1. The van der Waals surface area contributed by atoms with Crippen molar-refractivity contribution in [1.82, 2.24) is 4.90 Å². The Kier molecular flexibility index (Phi) is 3.77. The van der Waals surface area contributed by atoms with Gasteiger partial charge in [0.05, 0.1) is 11.3 Å². The first kappa shape index (κ1) is 14.8. The normalized spacial score (nSPS) is 18.3. The van der Waals surface area contributed by atoms with Crippen molar-refractivity contribution in [1.29, 1.82) is 0 Å². The van der Waals surface area contributed by atoms with Gasteiger partial charge in [-0.2, -0.15) is 0 Å². The van der Waals surface area contributed by atoms with Crippen molar-refractivity contribution in [2.75, 3.05) is 25.0 Å². The van der Waals surface area contributed by atoms with Crippen molar-refractivity contribution >= 4 is 33.5 Å². The van der Waals surface area contributed by atoms with Gasteiger partial charge in [-0.05, 0) is 48.0 Å². The minimum atomic E-state index is -0.967. The molecule has 0 aromatic heterocycles. The molecule has 1 fully saturated rings. The number of hydrogen-bond donors (Lipinski definition) is 1. The third kappa shape index (κ3) is 2.40. The highest BCUT2D eigenvalue weighted by Crippen LogP contribution is 2.34. The fraction of sp³-hybridized carbons (Fsp3) is 0.429. The Morgan fingerprint density at radius 3 is 2.55 bits per heavy atom. The van der Waals surface area contributed by atoms with E-state index in [1.807, 2.05) is 18.7 Å². The molecule has 20 heavy (non-hydrogen) atoms. The molecular weight excluding hydrogens is 324 g/mol. The van der Waals surface area contributed by atoms with Gasteiger partial charge in [0.2, 0.25) is 5.91 Å². The summed E-state index contributed by atoms with van der Waals surface area (Å²) in [7, 11) is 1.80. The van der Waals surface area contributed by atoms with E-state index in [1.165, 1.54) is 0 Å². The fourth-order valence-electron chi connectivity index (χ4n) is 2.49. The second-order valence-corrected chi connectivity index (χ2v) is 6.26. The SMILES string of the molecule is CN1CCN(c2ccc(C(=O)O)cc2Br)C(C)(C)C1=O. The number of aromatic carboxylic acids is 1. The lowest BCUT2D eigenvalue weighted by Gasteiger charge is -2.46. The maximum Gasteiger partial charge on any atom is 0.335 e. The van der Waals surface area contributed by atoms with E-state index in [0.29, 0.717) is 17.6 Å². The largest absolute Gasteiger partial charge is 0.478 e. The number of carboxylic acid groups (broad SMARTS) is 1. The standard InChI is InChI=1S/C14H17BrN2O3/c1-14(2)13(20)16(3)6-7-17(14)11-5-4-9(12(18)19)8-10(11)15/h4-5,8H,6-7H2,1-3H3,(H,18,19). The Morgan fingerprint density at radius 1 is 1.35 bits per heavy atom. The van der Waals surface area contributed by atoms with Gasteiger partial charge in [-0.25, -0.2) is 4.79 Å². The van der Waals surface area contributed by atoms with Crippen LogP contribution in [0.2, 0.25) is 0 Å². The first-order valence-electron chi connectivity index (χ1n) is 6.31. The van der Waals surface area contributed by atoms with Crippen LogP contribution >= 0.6 is 15.9 Å². The van der Waals surface area contributed by atoms with Crippen molar-refractivity contribution in [2.24, 2.45) is 0 Å². The minimum absolute atomic E-state index is 0.0537. The summed E-state index contributed by atoms with van der Waals surface area (Å²) >= 11 is 3.41. The average Bonchev–Trinajstić information content (AvgIpc) is 2.37. The van der Waals surface area contributed by atoms with Crippen molar-refractivity contribution < 1.29 is 14.7 Å². The number of carbonyl (C=O) groups is 2. The van der Waals surface area contributed by atoms with Gasteiger partial charge in [0, 0.05) is 24.6 Å². The Hall–Kier alpha value is -1.56. The van der Waals surface area contributed by atoms with E-state index < -0.39 is 11.5 Å². The Bertz CT molecular complexity index is 572. The molecule has 1 aliphatic rings. The molecule has 1 saturated heterocycles. The highest BCUT2D eigenvalue weighted by molar-refractivity contribution is 9.10. The van der Waals surface area contributed by atoms with Gasteiger partial charge in [0.1, 0.15) is 5.54 Å². The number of carbonyl (C=O) groups excluding carboxylic acids is 1. The van der Waals surface area contributed by atoms with Crippen LogP contribution in [0.1, 0.15) is 24.2 Å². The summed E-state index contributed by atoms with van der Waals surface area (Å²) in [6, 6.07) is 4.87. The second-order valence-electron chi connectivity index (χ2n) is 5.41. The number of benzene rings is 1. The zero-order valence-corrected chi connectivity index (χ0v) is 13.3. The summed E-state index contributed by atoms with van der Waals surface area (Å²) in [5.74, 6) is -0.913.